The molecule has 0 atom stereocenters. The molecule has 3 heterocycles. The molecule has 1 radical (unpaired) electrons. The van der Waals surface area contributed by atoms with E-state index in [0.717, 1.165) is 33.2 Å². The summed E-state index contributed by atoms with van der Waals surface area (Å²) < 4.78 is 31.3. The third-order valence-corrected chi connectivity index (χ3v) is 13.8. The van der Waals surface area contributed by atoms with Crippen LogP contribution < -0.4 is 4.40 Å². The first-order valence-corrected chi connectivity index (χ1v) is 24.6. The fraction of sp³-hybridized carbons (Fsp3) is 0.149. The molecule has 3 aromatic heterocycles. The van der Waals surface area contributed by atoms with Gasteiger partial charge in [-0.1, -0.05) is 65.5 Å². The SMILES string of the molecule is CC(C)(c1ccccc1)c1cc[c-]c(-c2cc[c]([Ge]([CH3])([CH3])[CH3])cn2)c1.[2H]C([2H])([2H])c1cnc(-c2[c-]ccc3c2oc2ccccc23)cc1-c1ccccc1.[Ir]. The van der Waals surface area contributed by atoms with Crippen LogP contribution in [0.4, 0.5) is 0 Å². The van der Waals surface area contributed by atoms with Crippen LogP contribution >= 0.6 is 0 Å². The number of pyridine rings is 2. The fourth-order valence-electron chi connectivity index (χ4n) is 6.35. The first kappa shape index (κ1) is 33.2. The molecule has 8 aromatic rings. The molecular weight excluding hydrogens is 873 g/mol. The Labute approximate surface area is 328 Å². The van der Waals surface area contributed by atoms with E-state index < -0.39 is 20.1 Å². The van der Waals surface area contributed by atoms with Crippen molar-refractivity contribution in [1.29, 1.82) is 0 Å². The number of hydrogen-bond acceptors (Lipinski definition) is 3. The maximum atomic E-state index is 7.91. The van der Waals surface area contributed by atoms with E-state index in [1.807, 2.05) is 78.9 Å². The number of rotatable bonds is 6. The second-order valence-electron chi connectivity index (χ2n) is 14.3. The summed E-state index contributed by atoms with van der Waals surface area (Å²) in [5, 5.41) is 2.01. The number of fused-ring (bicyclic) bond motifs is 3. The van der Waals surface area contributed by atoms with Crippen molar-refractivity contribution >= 4 is 39.6 Å². The summed E-state index contributed by atoms with van der Waals surface area (Å²) in [5.41, 5.74) is 9.15. The third kappa shape index (κ3) is 7.76. The first-order valence-electron chi connectivity index (χ1n) is 18.7. The molecule has 0 N–H and O–H groups in total. The number of aromatic nitrogens is 2. The topological polar surface area (TPSA) is 38.9 Å². The largest absolute Gasteiger partial charge is 0.501 e. The summed E-state index contributed by atoms with van der Waals surface area (Å²) >= 11 is -1.82. The molecule has 0 amide bonds. The average Bonchev–Trinajstić information content (AvgIpc) is 3.57. The normalized spacial score (nSPS) is 12.6. The minimum atomic E-state index is -2.26. The van der Waals surface area contributed by atoms with Crippen molar-refractivity contribution < 1.29 is 28.6 Å². The van der Waals surface area contributed by atoms with Gasteiger partial charge in [-0.05, 0) is 35.3 Å². The Morgan fingerprint density at radius 1 is 0.673 bits per heavy atom. The van der Waals surface area contributed by atoms with E-state index in [9.17, 15) is 0 Å². The zero-order valence-corrected chi connectivity index (χ0v) is 34.5. The van der Waals surface area contributed by atoms with Crippen LogP contribution in [-0.4, -0.2) is 23.2 Å². The van der Waals surface area contributed by atoms with Crippen molar-refractivity contribution in [2.75, 3.05) is 0 Å². The van der Waals surface area contributed by atoms with Crippen LogP contribution in [0.15, 0.2) is 150 Å². The number of aryl methyl sites for hydroxylation is 1. The molecule has 0 aliphatic carbocycles. The van der Waals surface area contributed by atoms with E-state index in [4.69, 9.17) is 13.5 Å². The minimum absolute atomic E-state index is 0. The predicted molar refractivity (Wildman–Crippen MR) is 216 cm³/mol. The van der Waals surface area contributed by atoms with E-state index >= 15 is 0 Å². The zero-order valence-electron chi connectivity index (χ0n) is 33.0. The number of furan rings is 1. The maximum Gasteiger partial charge on any atom is 0.120 e. The van der Waals surface area contributed by atoms with Crippen molar-refractivity contribution in [3.63, 3.8) is 0 Å². The van der Waals surface area contributed by atoms with Crippen molar-refractivity contribution in [1.82, 2.24) is 9.97 Å². The molecule has 0 spiro atoms. The van der Waals surface area contributed by atoms with Crippen molar-refractivity contribution in [2.45, 2.75) is 43.4 Å². The molecule has 0 bridgehead atoms. The number of para-hydroxylation sites is 1. The van der Waals surface area contributed by atoms with E-state index in [2.05, 4.69) is 109 Å². The van der Waals surface area contributed by atoms with Crippen molar-refractivity contribution in [3.05, 3.63) is 175 Å². The summed E-state index contributed by atoms with van der Waals surface area (Å²) in [4.78, 5) is 9.20. The van der Waals surface area contributed by atoms with Crippen LogP contribution in [0, 0.1) is 19.0 Å². The molecular formula is C47H42GeIrN2O-2. The van der Waals surface area contributed by atoms with E-state index in [-0.39, 0.29) is 31.1 Å². The summed E-state index contributed by atoms with van der Waals surface area (Å²) in [6.07, 6.45) is 3.51. The quantitative estimate of drug-likeness (QED) is 0.123. The second kappa shape index (κ2) is 15.6. The molecule has 0 saturated carbocycles. The molecule has 0 fully saturated rings. The maximum absolute atomic E-state index is 7.91. The minimum Gasteiger partial charge on any atom is -0.501 e. The Morgan fingerprint density at radius 2 is 1.37 bits per heavy atom. The van der Waals surface area contributed by atoms with Gasteiger partial charge in [0.2, 0.25) is 0 Å². The molecule has 0 aliphatic heterocycles. The van der Waals surface area contributed by atoms with Gasteiger partial charge in [0.1, 0.15) is 5.58 Å². The third-order valence-electron chi connectivity index (χ3n) is 9.51. The van der Waals surface area contributed by atoms with Crippen LogP contribution in [-0.2, 0) is 25.5 Å². The van der Waals surface area contributed by atoms with Gasteiger partial charge in [-0.2, -0.15) is 0 Å². The van der Waals surface area contributed by atoms with E-state index in [1.54, 1.807) is 0 Å². The van der Waals surface area contributed by atoms with Gasteiger partial charge in [0.15, 0.2) is 0 Å². The molecule has 8 rings (SSSR count). The fourth-order valence-corrected chi connectivity index (χ4v) is 8.52. The average molecular weight is 919 g/mol. The zero-order chi connectivity index (χ0) is 38.1. The molecule has 52 heavy (non-hydrogen) atoms. The van der Waals surface area contributed by atoms with Gasteiger partial charge in [-0.25, -0.2) is 0 Å². The van der Waals surface area contributed by atoms with Crippen molar-refractivity contribution in [2.24, 2.45) is 0 Å². The Kier molecular flexibility index (Phi) is 9.94. The standard InChI is InChI=1S/C24H16NO.C23H26GeN.Ir/c1-16-15-25-22(14-21(16)17-8-3-2-4-9-17)20-12-7-11-19-18-10-5-6-13-23(18)26-24(19)20;1-23(2,19-11-7-6-8-12-19)20-13-9-10-18(16-20)22-15-14-21(17-25-22)24(3,4)5;/h2-11,13-15H,1H3;6-9,11-17H,1-5H3;/q2*-1;/i1D3;;. The van der Waals surface area contributed by atoms with E-state index in [0.29, 0.717) is 22.4 Å². The molecule has 0 saturated heterocycles. The molecule has 5 heteroatoms. The number of benzene rings is 5. The molecule has 0 aliphatic rings. The smallest absolute Gasteiger partial charge is 0.120 e. The van der Waals surface area contributed by atoms with Crippen LogP contribution in [0.2, 0.25) is 17.3 Å². The second-order valence-corrected chi connectivity index (χ2v) is 25.0. The van der Waals surface area contributed by atoms with Gasteiger partial charge in [0.05, 0.1) is 5.58 Å². The molecule has 261 valence electrons. The monoisotopic (exact) mass is 920 g/mol. The van der Waals surface area contributed by atoms with Crippen LogP contribution in [0.3, 0.4) is 0 Å². The Hall–Kier alpha value is -4.61. The Morgan fingerprint density at radius 3 is 2.08 bits per heavy atom. The predicted octanol–water partition coefficient (Wildman–Crippen LogP) is 11.8. The van der Waals surface area contributed by atoms with E-state index in [1.165, 1.54) is 21.7 Å². The number of nitrogens with zero attached hydrogens (tertiary/aromatic N) is 2. The Bertz CT molecular complexity index is 2540. The first-order chi connectivity index (χ1) is 25.8. The van der Waals surface area contributed by atoms with Gasteiger partial charge in [0, 0.05) is 35.8 Å². The number of hydrogen-bond donors (Lipinski definition) is 0. The van der Waals surface area contributed by atoms with Gasteiger partial charge in [0.25, 0.3) is 0 Å². The van der Waals surface area contributed by atoms with Crippen LogP contribution in [0.5, 0.6) is 0 Å². The van der Waals surface area contributed by atoms with Gasteiger partial charge in [-0.15, -0.1) is 18.2 Å². The summed E-state index contributed by atoms with van der Waals surface area (Å²) in [6, 6.07) is 51.1. The molecule has 5 aromatic carbocycles. The van der Waals surface area contributed by atoms with Crippen LogP contribution in [0.1, 0.15) is 34.7 Å². The van der Waals surface area contributed by atoms with Gasteiger partial charge >= 0.3 is 154 Å². The van der Waals surface area contributed by atoms with Gasteiger partial charge in [-0.3, -0.25) is 0 Å². The summed E-state index contributed by atoms with van der Waals surface area (Å²) in [5.74, 6) is 7.18. The summed E-state index contributed by atoms with van der Waals surface area (Å²) in [7, 11) is 0. The summed E-state index contributed by atoms with van der Waals surface area (Å²) in [6.45, 7) is 2.28. The van der Waals surface area contributed by atoms with Gasteiger partial charge < -0.3 is 9.40 Å². The molecule has 3 nitrogen and oxygen atoms in total. The van der Waals surface area contributed by atoms with Crippen LogP contribution in [0.25, 0.3) is 55.6 Å². The van der Waals surface area contributed by atoms with Crippen molar-refractivity contribution in [3.8, 4) is 33.6 Å². The Balaban J connectivity index is 0.000000186. The molecule has 0 unspecified atom stereocenters.